The summed E-state index contributed by atoms with van der Waals surface area (Å²) in [5.41, 5.74) is 0. The highest BCUT2D eigenvalue weighted by molar-refractivity contribution is 7.99. The standard InChI is InChI=1S/C14H21NO2S/c1-12(18-3)14(16)15(2)10-7-11-17-13-8-5-4-6-9-13/h4-6,8-9,12H,7,10-11H2,1-3H3. The highest BCUT2D eigenvalue weighted by Crippen LogP contribution is 2.10. The van der Waals surface area contributed by atoms with E-state index in [2.05, 4.69) is 0 Å². The lowest BCUT2D eigenvalue weighted by molar-refractivity contribution is -0.129. The SMILES string of the molecule is CSC(C)C(=O)N(C)CCCOc1ccccc1. The van der Waals surface area contributed by atoms with Crippen LogP contribution in [-0.4, -0.2) is 42.5 Å². The summed E-state index contributed by atoms with van der Waals surface area (Å²) in [7, 11) is 1.84. The number of hydrogen-bond donors (Lipinski definition) is 0. The Balaban J connectivity index is 2.20. The molecule has 0 N–H and O–H groups in total. The molecule has 1 amide bonds. The van der Waals surface area contributed by atoms with Gasteiger partial charge in [-0.1, -0.05) is 18.2 Å². The Bertz CT molecular complexity index is 356. The number of hydrogen-bond acceptors (Lipinski definition) is 3. The molecule has 1 unspecified atom stereocenters. The molecule has 18 heavy (non-hydrogen) atoms. The van der Waals surface area contributed by atoms with Gasteiger partial charge >= 0.3 is 0 Å². The van der Waals surface area contributed by atoms with E-state index < -0.39 is 0 Å². The molecule has 0 aliphatic rings. The van der Waals surface area contributed by atoms with Crippen molar-refractivity contribution in [3.05, 3.63) is 30.3 Å². The number of para-hydroxylation sites is 1. The minimum atomic E-state index is 0.0324. The van der Waals surface area contributed by atoms with Crippen LogP contribution in [0.1, 0.15) is 13.3 Å². The zero-order chi connectivity index (χ0) is 13.4. The van der Waals surface area contributed by atoms with Crippen LogP contribution in [0, 0.1) is 0 Å². The molecule has 1 aromatic rings. The maximum Gasteiger partial charge on any atom is 0.235 e. The zero-order valence-electron chi connectivity index (χ0n) is 11.3. The molecule has 4 heteroatoms. The van der Waals surface area contributed by atoms with Crippen LogP contribution < -0.4 is 4.74 Å². The number of carbonyl (C=O) groups is 1. The number of nitrogens with zero attached hydrogens (tertiary/aromatic N) is 1. The lowest BCUT2D eigenvalue weighted by atomic mass is 10.3. The third-order valence-electron chi connectivity index (χ3n) is 2.73. The molecule has 0 aliphatic heterocycles. The van der Waals surface area contributed by atoms with Crippen LogP contribution >= 0.6 is 11.8 Å². The van der Waals surface area contributed by atoms with Gasteiger partial charge in [0, 0.05) is 13.6 Å². The van der Waals surface area contributed by atoms with Gasteiger partial charge in [-0.05, 0) is 31.7 Å². The molecular formula is C14H21NO2S. The van der Waals surface area contributed by atoms with Gasteiger partial charge in [0.25, 0.3) is 0 Å². The zero-order valence-corrected chi connectivity index (χ0v) is 12.1. The summed E-state index contributed by atoms with van der Waals surface area (Å²) < 4.78 is 5.58. The van der Waals surface area contributed by atoms with Gasteiger partial charge in [0.1, 0.15) is 5.75 Å². The van der Waals surface area contributed by atoms with Crippen LogP contribution in [0.15, 0.2) is 30.3 Å². The van der Waals surface area contributed by atoms with Gasteiger partial charge in [0.15, 0.2) is 0 Å². The third kappa shape index (κ3) is 5.00. The van der Waals surface area contributed by atoms with Crippen molar-refractivity contribution >= 4 is 17.7 Å². The number of rotatable bonds is 7. The molecule has 3 nitrogen and oxygen atoms in total. The Morgan fingerprint density at radius 1 is 1.39 bits per heavy atom. The molecule has 0 saturated carbocycles. The average Bonchev–Trinajstić information content (AvgIpc) is 2.42. The van der Waals surface area contributed by atoms with Crippen LogP contribution in [0.3, 0.4) is 0 Å². The van der Waals surface area contributed by atoms with E-state index in [-0.39, 0.29) is 11.2 Å². The predicted molar refractivity (Wildman–Crippen MR) is 77.2 cm³/mol. The second kappa shape index (κ2) is 8.03. The van der Waals surface area contributed by atoms with Gasteiger partial charge in [-0.15, -0.1) is 0 Å². The molecule has 0 saturated heterocycles. The van der Waals surface area contributed by atoms with E-state index in [4.69, 9.17) is 4.74 Å². The maximum atomic E-state index is 11.8. The largest absolute Gasteiger partial charge is 0.494 e. The Kier molecular flexibility index (Phi) is 6.65. The number of thioether (sulfide) groups is 1. The van der Waals surface area contributed by atoms with Crippen molar-refractivity contribution in [3.63, 3.8) is 0 Å². The van der Waals surface area contributed by atoms with Crippen LogP contribution in [0.2, 0.25) is 0 Å². The number of carbonyl (C=O) groups excluding carboxylic acids is 1. The summed E-state index contributed by atoms with van der Waals surface area (Å²) in [4.78, 5) is 13.6. The smallest absolute Gasteiger partial charge is 0.235 e. The molecule has 100 valence electrons. The number of amides is 1. The van der Waals surface area contributed by atoms with Crippen LogP contribution in [0.25, 0.3) is 0 Å². The topological polar surface area (TPSA) is 29.5 Å². The fourth-order valence-electron chi connectivity index (χ4n) is 1.53. The van der Waals surface area contributed by atoms with Crippen molar-refractivity contribution < 1.29 is 9.53 Å². The lowest BCUT2D eigenvalue weighted by Gasteiger charge is -2.20. The molecule has 0 aliphatic carbocycles. The third-order valence-corrected chi connectivity index (χ3v) is 3.64. The fourth-order valence-corrected chi connectivity index (χ4v) is 1.91. The first kappa shape index (κ1) is 14.9. The van der Waals surface area contributed by atoms with Gasteiger partial charge < -0.3 is 9.64 Å². The molecular weight excluding hydrogens is 246 g/mol. The number of ether oxygens (including phenoxy) is 1. The summed E-state index contributed by atoms with van der Waals surface area (Å²) in [6.45, 7) is 3.30. The number of benzene rings is 1. The van der Waals surface area contributed by atoms with E-state index in [0.29, 0.717) is 6.61 Å². The van der Waals surface area contributed by atoms with E-state index in [1.807, 2.05) is 50.6 Å². The first-order valence-electron chi connectivity index (χ1n) is 6.10. The van der Waals surface area contributed by atoms with E-state index >= 15 is 0 Å². The van der Waals surface area contributed by atoms with Crippen molar-refractivity contribution in [3.8, 4) is 5.75 Å². The van der Waals surface area contributed by atoms with Crippen molar-refractivity contribution in [1.82, 2.24) is 4.90 Å². The first-order chi connectivity index (χ1) is 8.65. The molecule has 0 aromatic heterocycles. The van der Waals surface area contributed by atoms with Crippen LogP contribution in [0.4, 0.5) is 0 Å². The second-order valence-corrected chi connectivity index (χ2v) is 5.33. The molecule has 1 rings (SSSR count). The van der Waals surface area contributed by atoms with Gasteiger partial charge in [-0.25, -0.2) is 0 Å². The molecule has 0 radical (unpaired) electrons. The van der Waals surface area contributed by atoms with Gasteiger partial charge in [0.05, 0.1) is 11.9 Å². The second-order valence-electron chi connectivity index (χ2n) is 4.15. The Morgan fingerprint density at radius 2 is 2.06 bits per heavy atom. The van der Waals surface area contributed by atoms with Gasteiger partial charge in [-0.2, -0.15) is 11.8 Å². The predicted octanol–water partition coefficient (Wildman–Crippen LogP) is 2.67. The molecule has 1 atom stereocenters. The molecule has 0 spiro atoms. The van der Waals surface area contributed by atoms with Crippen LogP contribution in [-0.2, 0) is 4.79 Å². The quantitative estimate of drug-likeness (QED) is 0.711. The molecule has 0 bridgehead atoms. The summed E-state index contributed by atoms with van der Waals surface area (Å²) >= 11 is 1.57. The van der Waals surface area contributed by atoms with Gasteiger partial charge in [0.2, 0.25) is 5.91 Å². The van der Waals surface area contributed by atoms with E-state index in [1.165, 1.54) is 0 Å². The molecule has 0 heterocycles. The van der Waals surface area contributed by atoms with Crippen molar-refractivity contribution in [1.29, 1.82) is 0 Å². The average molecular weight is 267 g/mol. The van der Waals surface area contributed by atoms with E-state index in [1.54, 1.807) is 16.7 Å². The van der Waals surface area contributed by atoms with Crippen molar-refractivity contribution in [2.24, 2.45) is 0 Å². The normalized spacial score (nSPS) is 11.9. The summed E-state index contributed by atoms with van der Waals surface area (Å²) in [5.74, 6) is 1.06. The maximum absolute atomic E-state index is 11.8. The van der Waals surface area contributed by atoms with E-state index in [0.717, 1.165) is 18.7 Å². The Morgan fingerprint density at radius 3 is 2.67 bits per heavy atom. The molecule has 0 fully saturated rings. The fraction of sp³-hybridized carbons (Fsp3) is 0.500. The van der Waals surface area contributed by atoms with Crippen molar-refractivity contribution in [2.45, 2.75) is 18.6 Å². The van der Waals surface area contributed by atoms with Crippen molar-refractivity contribution in [2.75, 3.05) is 26.5 Å². The monoisotopic (exact) mass is 267 g/mol. The Labute approximate surface area is 114 Å². The van der Waals surface area contributed by atoms with Crippen LogP contribution in [0.5, 0.6) is 5.75 Å². The summed E-state index contributed by atoms with van der Waals surface area (Å²) in [6, 6.07) is 9.73. The van der Waals surface area contributed by atoms with Gasteiger partial charge in [-0.3, -0.25) is 4.79 Å². The minimum absolute atomic E-state index is 0.0324. The molecule has 1 aromatic carbocycles. The Hall–Kier alpha value is -1.16. The summed E-state index contributed by atoms with van der Waals surface area (Å²) in [6.07, 6.45) is 2.80. The highest BCUT2D eigenvalue weighted by atomic mass is 32.2. The van der Waals surface area contributed by atoms with E-state index in [9.17, 15) is 4.79 Å². The summed E-state index contributed by atoms with van der Waals surface area (Å²) in [5, 5.41) is 0.0324. The first-order valence-corrected chi connectivity index (χ1v) is 7.39. The highest BCUT2D eigenvalue weighted by Gasteiger charge is 2.15. The lowest BCUT2D eigenvalue weighted by Crippen LogP contribution is -2.34. The minimum Gasteiger partial charge on any atom is -0.494 e.